The number of aryl methyl sites for hydroxylation is 1. The largest absolute Gasteiger partial charge is 0.497 e. The van der Waals surface area contributed by atoms with Crippen molar-refractivity contribution in [2.24, 2.45) is 0 Å². The molecule has 1 aliphatic carbocycles. The average Bonchev–Trinajstić information content (AvgIpc) is 2.50. The van der Waals surface area contributed by atoms with Crippen molar-refractivity contribution in [1.82, 2.24) is 15.5 Å². The lowest BCUT2D eigenvalue weighted by atomic mass is 9.87. The topological polar surface area (TPSA) is 53.6 Å². The molecule has 1 atom stereocenters. The van der Waals surface area contributed by atoms with Gasteiger partial charge in [-0.05, 0) is 42.5 Å². The van der Waals surface area contributed by atoms with Crippen LogP contribution in [-0.4, -0.2) is 45.2 Å². The van der Waals surface area contributed by atoms with E-state index in [4.69, 9.17) is 4.74 Å². The first-order chi connectivity index (χ1) is 10.1. The molecular weight excluding hydrogens is 266 g/mol. The third-order valence-electron chi connectivity index (χ3n) is 3.87. The fourth-order valence-electron chi connectivity index (χ4n) is 2.69. The van der Waals surface area contributed by atoms with Crippen LogP contribution in [0.15, 0.2) is 18.2 Å². The molecule has 2 rings (SSSR count). The summed E-state index contributed by atoms with van der Waals surface area (Å²) >= 11 is 0. The summed E-state index contributed by atoms with van der Waals surface area (Å²) < 4.78 is 5.32. The molecular formula is C16H25N3O2. The Hall–Kier alpha value is -1.75. The van der Waals surface area contributed by atoms with Crippen molar-refractivity contribution in [3.8, 4) is 5.75 Å². The van der Waals surface area contributed by atoms with Gasteiger partial charge in [0.25, 0.3) is 0 Å². The Kier molecular flexibility index (Phi) is 5.44. The van der Waals surface area contributed by atoms with Crippen LogP contribution in [0, 0.1) is 0 Å². The van der Waals surface area contributed by atoms with Gasteiger partial charge in [-0.15, -0.1) is 0 Å². The number of ether oxygens (including phenoxy) is 1. The first-order valence-electron chi connectivity index (χ1n) is 7.47. The number of methoxy groups -OCH3 is 1. The predicted octanol–water partition coefficient (Wildman–Crippen LogP) is 1.93. The van der Waals surface area contributed by atoms with E-state index in [1.165, 1.54) is 17.5 Å². The van der Waals surface area contributed by atoms with E-state index in [0.717, 1.165) is 25.1 Å². The van der Waals surface area contributed by atoms with Crippen molar-refractivity contribution < 1.29 is 9.53 Å². The highest BCUT2D eigenvalue weighted by Gasteiger charge is 2.20. The lowest BCUT2D eigenvalue weighted by Crippen LogP contribution is -2.39. The molecule has 0 radical (unpaired) electrons. The number of fused-ring (bicyclic) bond motifs is 1. The summed E-state index contributed by atoms with van der Waals surface area (Å²) in [5.41, 5.74) is 2.73. The van der Waals surface area contributed by atoms with E-state index in [1.54, 1.807) is 26.1 Å². The Morgan fingerprint density at radius 1 is 1.38 bits per heavy atom. The third-order valence-corrected chi connectivity index (χ3v) is 3.87. The van der Waals surface area contributed by atoms with Gasteiger partial charge in [-0.1, -0.05) is 6.07 Å². The van der Waals surface area contributed by atoms with Crippen LogP contribution in [0.5, 0.6) is 5.75 Å². The van der Waals surface area contributed by atoms with Gasteiger partial charge in [-0.2, -0.15) is 0 Å². The molecule has 0 saturated carbocycles. The molecule has 2 amide bonds. The van der Waals surface area contributed by atoms with Crippen molar-refractivity contribution >= 4 is 6.03 Å². The molecule has 0 saturated heterocycles. The lowest BCUT2D eigenvalue weighted by Gasteiger charge is -2.27. The number of nitrogens with zero attached hydrogens (tertiary/aromatic N) is 1. The molecule has 0 fully saturated rings. The highest BCUT2D eigenvalue weighted by atomic mass is 16.5. The SMILES string of the molecule is COc1ccc2c(c1)C(NCCNC(=O)N(C)C)CCC2. The Bertz CT molecular complexity index is 488. The number of carbonyl (C=O) groups is 1. The maximum Gasteiger partial charge on any atom is 0.316 e. The minimum absolute atomic E-state index is 0.0532. The molecule has 0 aliphatic heterocycles. The van der Waals surface area contributed by atoms with Gasteiger partial charge >= 0.3 is 6.03 Å². The fraction of sp³-hybridized carbons (Fsp3) is 0.562. The smallest absolute Gasteiger partial charge is 0.316 e. The Balaban J connectivity index is 1.89. The molecule has 21 heavy (non-hydrogen) atoms. The summed E-state index contributed by atoms with van der Waals surface area (Å²) in [5, 5.41) is 6.40. The molecule has 0 spiro atoms. The average molecular weight is 291 g/mol. The zero-order chi connectivity index (χ0) is 15.2. The van der Waals surface area contributed by atoms with Crippen LogP contribution in [0.1, 0.15) is 30.0 Å². The second-order valence-corrected chi connectivity index (χ2v) is 5.59. The number of nitrogens with one attached hydrogen (secondary N) is 2. The summed E-state index contributed by atoms with van der Waals surface area (Å²) in [4.78, 5) is 13.0. The van der Waals surface area contributed by atoms with Crippen LogP contribution < -0.4 is 15.4 Å². The van der Waals surface area contributed by atoms with E-state index < -0.39 is 0 Å². The summed E-state index contributed by atoms with van der Waals surface area (Å²) in [7, 11) is 5.18. The van der Waals surface area contributed by atoms with Crippen molar-refractivity contribution in [3.05, 3.63) is 29.3 Å². The van der Waals surface area contributed by atoms with Gasteiger partial charge in [0.05, 0.1) is 7.11 Å². The third kappa shape index (κ3) is 4.11. The van der Waals surface area contributed by atoms with Crippen LogP contribution in [0.25, 0.3) is 0 Å². The molecule has 1 aliphatic rings. The summed E-state index contributed by atoms with van der Waals surface area (Å²) in [6.45, 7) is 1.40. The first kappa shape index (κ1) is 15.6. The Morgan fingerprint density at radius 3 is 2.90 bits per heavy atom. The van der Waals surface area contributed by atoms with Crippen molar-refractivity contribution in [1.29, 1.82) is 0 Å². The van der Waals surface area contributed by atoms with E-state index in [9.17, 15) is 4.79 Å². The molecule has 0 aromatic heterocycles. The summed E-state index contributed by atoms with van der Waals surface area (Å²) in [6, 6.07) is 6.61. The predicted molar refractivity (Wildman–Crippen MR) is 83.8 cm³/mol. The molecule has 116 valence electrons. The number of amides is 2. The first-order valence-corrected chi connectivity index (χ1v) is 7.47. The van der Waals surface area contributed by atoms with E-state index >= 15 is 0 Å². The zero-order valence-electron chi connectivity index (χ0n) is 13.1. The normalized spacial score (nSPS) is 17.0. The maximum atomic E-state index is 11.4. The molecule has 1 unspecified atom stereocenters. The lowest BCUT2D eigenvalue weighted by molar-refractivity contribution is 0.217. The van der Waals surface area contributed by atoms with Crippen molar-refractivity contribution in [3.63, 3.8) is 0 Å². The van der Waals surface area contributed by atoms with E-state index in [2.05, 4.69) is 22.8 Å². The Labute approximate surface area is 126 Å². The van der Waals surface area contributed by atoms with Crippen LogP contribution in [0.2, 0.25) is 0 Å². The molecule has 0 bridgehead atoms. The van der Waals surface area contributed by atoms with Gasteiger partial charge in [0.15, 0.2) is 0 Å². The van der Waals surface area contributed by atoms with Crippen molar-refractivity contribution in [2.45, 2.75) is 25.3 Å². The van der Waals surface area contributed by atoms with Gasteiger partial charge in [0.1, 0.15) is 5.75 Å². The second-order valence-electron chi connectivity index (χ2n) is 5.59. The monoisotopic (exact) mass is 291 g/mol. The number of urea groups is 1. The van der Waals surface area contributed by atoms with Crippen molar-refractivity contribution in [2.75, 3.05) is 34.3 Å². The number of hydrogen-bond acceptors (Lipinski definition) is 3. The highest BCUT2D eigenvalue weighted by molar-refractivity contribution is 5.73. The molecule has 1 aromatic carbocycles. The second kappa shape index (κ2) is 7.31. The molecule has 1 aromatic rings. The van der Waals surface area contributed by atoms with Crippen LogP contribution in [0.3, 0.4) is 0 Å². The van der Waals surface area contributed by atoms with E-state index in [1.807, 2.05) is 6.07 Å². The minimum Gasteiger partial charge on any atom is -0.497 e. The van der Waals surface area contributed by atoms with E-state index in [-0.39, 0.29) is 6.03 Å². The number of carbonyl (C=O) groups excluding carboxylic acids is 1. The molecule has 0 heterocycles. The fourth-order valence-corrected chi connectivity index (χ4v) is 2.69. The zero-order valence-corrected chi connectivity index (χ0v) is 13.1. The number of benzene rings is 1. The van der Waals surface area contributed by atoms with Gasteiger partial charge in [-0.3, -0.25) is 0 Å². The van der Waals surface area contributed by atoms with Crippen LogP contribution in [-0.2, 0) is 6.42 Å². The summed E-state index contributed by atoms with van der Waals surface area (Å²) in [6.07, 6.45) is 3.46. The molecule has 2 N–H and O–H groups in total. The maximum absolute atomic E-state index is 11.4. The Morgan fingerprint density at radius 2 is 2.19 bits per heavy atom. The minimum atomic E-state index is -0.0532. The molecule has 5 nitrogen and oxygen atoms in total. The van der Waals surface area contributed by atoms with Crippen LogP contribution >= 0.6 is 0 Å². The van der Waals surface area contributed by atoms with Gasteiger partial charge in [0.2, 0.25) is 0 Å². The quantitative estimate of drug-likeness (QED) is 0.815. The van der Waals surface area contributed by atoms with E-state index in [0.29, 0.717) is 12.6 Å². The van der Waals surface area contributed by atoms with Gasteiger partial charge in [-0.25, -0.2) is 4.79 Å². The molecule has 5 heteroatoms. The van der Waals surface area contributed by atoms with Gasteiger partial charge < -0.3 is 20.3 Å². The standard InChI is InChI=1S/C16H25N3O2/c1-19(2)16(20)18-10-9-17-15-6-4-5-12-7-8-13(21-3)11-14(12)15/h7-8,11,15,17H,4-6,9-10H2,1-3H3,(H,18,20). The number of hydrogen-bond donors (Lipinski definition) is 2. The summed E-state index contributed by atoms with van der Waals surface area (Å²) in [5.74, 6) is 0.906. The van der Waals surface area contributed by atoms with Gasteiger partial charge in [0, 0.05) is 33.2 Å². The number of rotatable bonds is 5. The van der Waals surface area contributed by atoms with Crippen LogP contribution in [0.4, 0.5) is 4.79 Å². The highest BCUT2D eigenvalue weighted by Crippen LogP contribution is 2.32.